The number of nitrogens with one attached hydrogen (secondary N) is 1. The number of para-hydroxylation sites is 1. The van der Waals surface area contributed by atoms with Gasteiger partial charge in [0.05, 0.1) is 0 Å². The van der Waals surface area contributed by atoms with Gasteiger partial charge >= 0.3 is 0 Å². The van der Waals surface area contributed by atoms with Crippen molar-refractivity contribution >= 4 is 41.6 Å². The summed E-state index contributed by atoms with van der Waals surface area (Å²) < 4.78 is 2.22. The van der Waals surface area contributed by atoms with Gasteiger partial charge in [-0.15, -0.1) is 24.8 Å². The SMILES string of the molecule is Cl.Cl.NC(CC(=O)NCCCn1ccc2ccccc21)c1ccccc1. The lowest BCUT2D eigenvalue weighted by atomic mass is 10.0. The lowest BCUT2D eigenvalue weighted by Gasteiger charge is -2.12. The van der Waals surface area contributed by atoms with Crippen LogP contribution < -0.4 is 11.1 Å². The first-order valence-electron chi connectivity index (χ1n) is 8.35. The third-order valence-electron chi connectivity index (χ3n) is 4.21. The Labute approximate surface area is 166 Å². The van der Waals surface area contributed by atoms with Crippen LogP contribution in [-0.4, -0.2) is 17.0 Å². The van der Waals surface area contributed by atoms with Crippen LogP contribution in [0.5, 0.6) is 0 Å². The number of hydrogen-bond donors (Lipinski definition) is 2. The molecule has 6 heteroatoms. The van der Waals surface area contributed by atoms with Gasteiger partial charge in [-0.2, -0.15) is 0 Å². The van der Waals surface area contributed by atoms with E-state index in [0.29, 0.717) is 13.0 Å². The highest BCUT2D eigenvalue weighted by atomic mass is 35.5. The normalized spacial score (nSPS) is 11.3. The number of halogens is 2. The number of hydrogen-bond acceptors (Lipinski definition) is 2. The Morgan fingerprint density at radius 3 is 2.46 bits per heavy atom. The Bertz CT molecular complexity index is 805. The molecule has 3 aromatic rings. The Morgan fingerprint density at radius 1 is 1.00 bits per heavy atom. The Kier molecular flexibility index (Phi) is 9.21. The molecule has 0 radical (unpaired) electrons. The molecule has 4 nitrogen and oxygen atoms in total. The smallest absolute Gasteiger partial charge is 0.221 e. The molecule has 3 N–H and O–H groups in total. The van der Waals surface area contributed by atoms with Gasteiger partial charge in [-0.05, 0) is 29.5 Å². The number of amides is 1. The van der Waals surface area contributed by atoms with E-state index in [0.717, 1.165) is 18.5 Å². The topological polar surface area (TPSA) is 60.1 Å². The van der Waals surface area contributed by atoms with Crippen molar-refractivity contribution in [2.24, 2.45) is 5.73 Å². The second-order valence-electron chi connectivity index (χ2n) is 5.99. The summed E-state index contributed by atoms with van der Waals surface area (Å²) in [6.07, 6.45) is 3.30. The Morgan fingerprint density at radius 2 is 1.69 bits per heavy atom. The minimum atomic E-state index is -0.250. The molecule has 0 saturated heterocycles. The lowest BCUT2D eigenvalue weighted by molar-refractivity contribution is -0.121. The van der Waals surface area contributed by atoms with E-state index in [1.807, 2.05) is 42.5 Å². The predicted molar refractivity (Wildman–Crippen MR) is 112 cm³/mol. The zero-order chi connectivity index (χ0) is 16.8. The minimum absolute atomic E-state index is 0. The average molecular weight is 394 g/mol. The van der Waals surface area contributed by atoms with Crippen LogP contribution in [0.1, 0.15) is 24.4 Å². The van der Waals surface area contributed by atoms with Crippen molar-refractivity contribution in [3.05, 3.63) is 72.4 Å². The minimum Gasteiger partial charge on any atom is -0.356 e. The van der Waals surface area contributed by atoms with Crippen LogP contribution in [0.3, 0.4) is 0 Å². The van der Waals surface area contributed by atoms with Crippen molar-refractivity contribution in [1.29, 1.82) is 0 Å². The van der Waals surface area contributed by atoms with Gasteiger partial charge in [0.1, 0.15) is 0 Å². The number of benzene rings is 2. The molecule has 3 rings (SSSR count). The molecule has 1 aromatic heterocycles. The van der Waals surface area contributed by atoms with Crippen molar-refractivity contribution in [2.45, 2.75) is 25.4 Å². The number of aryl methyl sites for hydroxylation is 1. The van der Waals surface area contributed by atoms with Crippen molar-refractivity contribution in [3.63, 3.8) is 0 Å². The molecule has 0 aliphatic rings. The molecule has 140 valence electrons. The van der Waals surface area contributed by atoms with Crippen LogP contribution in [-0.2, 0) is 11.3 Å². The third kappa shape index (κ3) is 5.77. The van der Waals surface area contributed by atoms with Gasteiger partial charge in [0.2, 0.25) is 5.91 Å². The molecule has 0 fully saturated rings. The molecule has 0 bridgehead atoms. The first-order chi connectivity index (χ1) is 11.7. The summed E-state index contributed by atoms with van der Waals surface area (Å²) in [5, 5.41) is 4.21. The van der Waals surface area contributed by atoms with Crippen LogP contribution >= 0.6 is 24.8 Å². The first-order valence-corrected chi connectivity index (χ1v) is 8.35. The van der Waals surface area contributed by atoms with Crippen LogP contribution in [0.15, 0.2) is 66.9 Å². The fourth-order valence-corrected chi connectivity index (χ4v) is 2.90. The van der Waals surface area contributed by atoms with Crippen LogP contribution in [0, 0.1) is 0 Å². The fraction of sp³-hybridized carbons (Fsp3) is 0.250. The molecule has 1 unspecified atom stereocenters. The van der Waals surface area contributed by atoms with E-state index < -0.39 is 0 Å². The molecule has 2 aromatic carbocycles. The largest absolute Gasteiger partial charge is 0.356 e. The fourth-order valence-electron chi connectivity index (χ4n) is 2.90. The van der Waals surface area contributed by atoms with E-state index in [2.05, 4.69) is 34.3 Å². The van der Waals surface area contributed by atoms with Gasteiger partial charge in [-0.25, -0.2) is 0 Å². The van der Waals surface area contributed by atoms with E-state index >= 15 is 0 Å². The van der Waals surface area contributed by atoms with Gasteiger partial charge in [0.15, 0.2) is 0 Å². The van der Waals surface area contributed by atoms with Crippen LogP contribution in [0.2, 0.25) is 0 Å². The number of fused-ring (bicyclic) bond motifs is 1. The molecule has 1 amide bonds. The molecular formula is C20H25Cl2N3O. The zero-order valence-corrected chi connectivity index (χ0v) is 16.1. The van der Waals surface area contributed by atoms with E-state index in [1.165, 1.54) is 10.9 Å². The Hall–Kier alpha value is -2.01. The summed E-state index contributed by atoms with van der Waals surface area (Å²) >= 11 is 0. The molecule has 1 atom stereocenters. The average Bonchev–Trinajstić information content (AvgIpc) is 3.03. The van der Waals surface area contributed by atoms with E-state index in [-0.39, 0.29) is 36.8 Å². The molecule has 26 heavy (non-hydrogen) atoms. The van der Waals surface area contributed by atoms with Gasteiger partial charge < -0.3 is 15.6 Å². The maximum Gasteiger partial charge on any atom is 0.221 e. The number of carbonyl (C=O) groups excluding carboxylic acids is 1. The van der Waals surface area contributed by atoms with E-state index in [1.54, 1.807) is 0 Å². The monoisotopic (exact) mass is 393 g/mol. The summed E-state index contributed by atoms with van der Waals surface area (Å²) in [4.78, 5) is 12.0. The van der Waals surface area contributed by atoms with E-state index in [9.17, 15) is 4.79 Å². The maximum atomic E-state index is 12.0. The third-order valence-corrected chi connectivity index (χ3v) is 4.21. The van der Waals surface area contributed by atoms with E-state index in [4.69, 9.17) is 5.73 Å². The van der Waals surface area contributed by atoms with Crippen molar-refractivity contribution < 1.29 is 4.79 Å². The number of nitrogens with zero attached hydrogens (tertiary/aromatic N) is 1. The number of carbonyl (C=O) groups is 1. The number of rotatable bonds is 7. The molecule has 0 aliphatic carbocycles. The van der Waals surface area contributed by atoms with Gasteiger partial charge in [0, 0.05) is 37.3 Å². The summed E-state index contributed by atoms with van der Waals surface area (Å²) in [5.41, 5.74) is 8.30. The number of nitrogens with two attached hydrogens (primary N) is 1. The summed E-state index contributed by atoms with van der Waals surface area (Å²) in [6.45, 7) is 1.55. The highest BCUT2D eigenvalue weighted by Crippen LogP contribution is 2.15. The first kappa shape index (κ1) is 22.0. The molecule has 0 aliphatic heterocycles. The van der Waals surface area contributed by atoms with Gasteiger partial charge in [0.25, 0.3) is 0 Å². The highest BCUT2D eigenvalue weighted by molar-refractivity contribution is 5.85. The molecule has 1 heterocycles. The summed E-state index contributed by atoms with van der Waals surface area (Å²) in [5.74, 6) is 0.00344. The lowest BCUT2D eigenvalue weighted by Crippen LogP contribution is -2.28. The molecule has 0 saturated carbocycles. The van der Waals surface area contributed by atoms with Crippen molar-refractivity contribution in [2.75, 3.05) is 6.54 Å². The zero-order valence-electron chi connectivity index (χ0n) is 14.5. The maximum absolute atomic E-state index is 12.0. The quantitative estimate of drug-likeness (QED) is 0.594. The molecular weight excluding hydrogens is 369 g/mol. The van der Waals surface area contributed by atoms with Crippen molar-refractivity contribution in [1.82, 2.24) is 9.88 Å². The molecule has 0 spiro atoms. The highest BCUT2D eigenvalue weighted by Gasteiger charge is 2.10. The summed E-state index contributed by atoms with van der Waals surface area (Å²) in [6, 6.07) is 19.9. The van der Waals surface area contributed by atoms with Crippen LogP contribution in [0.4, 0.5) is 0 Å². The summed E-state index contributed by atoms with van der Waals surface area (Å²) in [7, 11) is 0. The Balaban J connectivity index is 0.00000169. The van der Waals surface area contributed by atoms with Gasteiger partial charge in [-0.3, -0.25) is 4.79 Å². The van der Waals surface area contributed by atoms with Crippen molar-refractivity contribution in [3.8, 4) is 0 Å². The second-order valence-corrected chi connectivity index (χ2v) is 5.99. The van der Waals surface area contributed by atoms with Gasteiger partial charge in [-0.1, -0.05) is 48.5 Å². The number of aromatic nitrogens is 1. The second kappa shape index (κ2) is 10.9. The predicted octanol–water partition coefficient (Wildman–Crippen LogP) is 4.08. The standard InChI is InChI=1S/C20H23N3O.2ClH/c21-18(16-7-2-1-3-8-16)15-20(24)22-12-6-13-23-14-11-17-9-4-5-10-19(17)23;;/h1-5,7-11,14,18H,6,12-13,15,21H2,(H,22,24);2*1H. The van der Waals surface area contributed by atoms with Crippen LogP contribution in [0.25, 0.3) is 10.9 Å².